The van der Waals surface area contributed by atoms with E-state index >= 15 is 0 Å². The Morgan fingerprint density at radius 1 is 0.654 bits per heavy atom. The summed E-state index contributed by atoms with van der Waals surface area (Å²) >= 11 is 0. The van der Waals surface area contributed by atoms with Gasteiger partial charge in [-0.1, -0.05) is 60.7 Å². The molecule has 0 fully saturated rings. The summed E-state index contributed by atoms with van der Waals surface area (Å²) in [5.74, 6) is 0. The molecule has 0 bridgehead atoms. The Kier molecular flexibility index (Phi) is 2.64. The molecule has 0 saturated carbocycles. The van der Waals surface area contributed by atoms with Crippen LogP contribution >= 0.6 is 0 Å². The summed E-state index contributed by atoms with van der Waals surface area (Å²) in [5, 5.41) is 30.2. The molecule has 1 aliphatic rings. The van der Waals surface area contributed by atoms with Gasteiger partial charge >= 0.3 is 0 Å². The van der Waals surface area contributed by atoms with Crippen molar-refractivity contribution < 1.29 is 10.2 Å². The zero-order valence-electron chi connectivity index (χ0n) is 14.0. The largest absolute Gasteiger partial charge is 0.386 e. The minimum Gasteiger partial charge on any atom is -0.386 e. The van der Waals surface area contributed by atoms with Crippen molar-refractivity contribution in [1.82, 2.24) is 0 Å². The third-order valence-electron chi connectivity index (χ3n) is 5.80. The van der Waals surface area contributed by atoms with Gasteiger partial charge in [-0.25, -0.2) is 0 Å². The molecule has 26 heavy (non-hydrogen) atoms. The highest BCUT2D eigenvalue weighted by Gasteiger charge is 2.25. The van der Waals surface area contributed by atoms with Crippen LogP contribution in [-0.4, -0.2) is 16.3 Å². The van der Waals surface area contributed by atoms with Crippen LogP contribution in [0.15, 0.2) is 66.7 Å². The van der Waals surface area contributed by atoms with E-state index in [1.54, 1.807) is 6.08 Å². The normalized spacial score (nSPS) is 19.8. The van der Waals surface area contributed by atoms with Crippen LogP contribution in [0.25, 0.3) is 49.2 Å². The maximum atomic E-state index is 10.5. The summed E-state index contributed by atoms with van der Waals surface area (Å²) in [6, 6.07) is 21.4. The third kappa shape index (κ3) is 1.68. The lowest BCUT2D eigenvalue weighted by atomic mass is 9.84. The fourth-order valence-electron chi connectivity index (χ4n) is 4.59. The van der Waals surface area contributed by atoms with E-state index < -0.39 is 12.2 Å². The van der Waals surface area contributed by atoms with Gasteiger partial charge in [-0.05, 0) is 66.3 Å². The summed E-state index contributed by atoms with van der Waals surface area (Å²) < 4.78 is 0. The van der Waals surface area contributed by atoms with E-state index in [4.69, 9.17) is 0 Å². The summed E-state index contributed by atoms with van der Waals surface area (Å²) in [5.41, 5.74) is 1.81. The van der Waals surface area contributed by atoms with E-state index in [1.165, 1.54) is 32.3 Å². The van der Waals surface area contributed by atoms with Crippen LogP contribution in [0.3, 0.4) is 0 Å². The van der Waals surface area contributed by atoms with Gasteiger partial charge < -0.3 is 10.2 Å². The van der Waals surface area contributed by atoms with E-state index in [0.717, 1.165) is 21.9 Å². The van der Waals surface area contributed by atoms with E-state index in [9.17, 15) is 10.2 Å². The number of hydrogen-bond acceptors (Lipinski definition) is 2. The molecule has 5 aromatic rings. The Morgan fingerprint density at radius 3 is 2.27 bits per heavy atom. The smallest absolute Gasteiger partial charge is 0.109 e. The van der Waals surface area contributed by atoms with Crippen molar-refractivity contribution in [1.29, 1.82) is 0 Å². The average Bonchev–Trinajstić information content (AvgIpc) is 2.68. The highest BCUT2D eigenvalue weighted by atomic mass is 16.3. The van der Waals surface area contributed by atoms with Crippen LogP contribution in [0.4, 0.5) is 0 Å². The summed E-state index contributed by atoms with van der Waals surface area (Å²) in [6.45, 7) is 0. The first-order chi connectivity index (χ1) is 12.7. The predicted molar refractivity (Wildman–Crippen MR) is 108 cm³/mol. The van der Waals surface area contributed by atoms with Gasteiger partial charge in [-0.3, -0.25) is 0 Å². The van der Waals surface area contributed by atoms with Crippen molar-refractivity contribution in [2.75, 3.05) is 0 Å². The molecule has 2 heteroatoms. The lowest BCUT2D eigenvalue weighted by molar-refractivity contribution is 0.0472. The lowest BCUT2D eigenvalue weighted by Gasteiger charge is -2.25. The molecular formula is C24H16O2. The van der Waals surface area contributed by atoms with Crippen LogP contribution in [0.5, 0.6) is 0 Å². The van der Waals surface area contributed by atoms with E-state index in [0.29, 0.717) is 0 Å². The molecule has 6 rings (SSSR count). The molecule has 0 aliphatic heterocycles. The molecular weight excluding hydrogens is 320 g/mol. The van der Waals surface area contributed by atoms with Gasteiger partial charge in [0.2, 0.25) is 0 Å². The Balaban J connectivity index is 1.88. The Hall–Kier alpha value is -2.94. The molecule has 0 heterocycles. The Morgan fingerprint density at radius 2 is 1.38 bits per heavy atom. The molecule has 0 unspecified atom stereocenters. The average molecular weight is 336 g/mol. The van der Waals surface area contributed by atoms with Crippen molar-refractivity contribution >= 4 is 49.2 Å². The molecule has 0 radical (unpaired) electrons. The first-order valence-corrected chi connectivity index (χ1v) is 8.90. The lowest BCUT2D eigenvalue weighted by Crippen LogP contribution is -2.19. The maximum absolute atomic E-state index is 10.5. The summed E-state index contributed by atoms with van der Waals surface area (Å²) in [4.78, 5) is 0. The molecule has 2 nitrogen and oxygen atoms in total. The Labute approximate surface area is 149 Å². The summed E-state index contributed by atoms with van der Waals surface area (Å²) in [7, 11) is 0. The van der Waals surface area contributed by atoms with Crippen molar-refractivity contribution in [2.24, 2.45) is 0 Å². The molecule has 5 aromatic carbocycles. The zero-order chi connectivity index (χ0) is 17.4. The molecule has 124 valence electrons. The van der Waals surface area contributed by atoms with Gasteiger partial charge in [-0.2, -0.15) is 0 Å². The highest BCUT2D eigenvalue weighted by molar-refractivity contribution is 6.29. The highest BCUT2D eigenvalue weighted by Crippen LogP contribution is 2.43. The molecule has 0 amide bonds. The zero-order valence-corrected chi connectivity index (χ0v) is 14.0. The number of aliphatic hydroxyl groups excluding tert-OH is 2. The van der Waals surface area contributed by atoms with Gasteiger partial charge in [0.05, 0.1) is 0 Å². The Bertz CT molecular complexity index is 1360. The minimum absolute atomic E-state index is 0.802. The topological polar surface area (TPSA) is 40.5 Å². The van der Waals surface area contributed by atoms with Crippen LogP contribution < -0.4 is 0 Å². The van der Waals surface area contributed by atoms with E-state index in [1.807, 2.05) is 12.1 Å². The molecule has 0 aromatic heterocycles. The molecule has 0 saturated heterocycles. The van der Waals surface area contributed by atoms with Gasteiger partial charge in [0.25, 0.3) is 0 Å². The van der Waals surface area contributed by atoms with E-state index in [-0.39, 0.29) is 0 Å². The van der Waals surface area contributed by atoms with Gasteiger partial charge in [0.15, 0.2) is 0 Å². The van der Waals surface area contributed by atoms with Crippen LogP contribution in [0.1, 0.15) is 17.2 Å². The first kappa shape index (κ1) is 14.3. The van der Waals surface area contributed by atoms with Crippen LogP contribution in [-0.2, 0) is 0 Å². The number of aliphatic hydroxyl groups is 2. The second kappa shape index (κ2) is 4.82. The number of benzene rings is 5. The predicted octanol–water partition coefficient (Wildman–Crippen LogP) is 5.16. The minimum atomic E-state index is -0.877. The van der Waals surface area contributed by atoms with E-state index in [2.05, 4.69) is 54.6 Å². The van der Waals surface area contributed by atoms with Gasteiger partial charge in [-0.15, -0.1) is 0 Å². The second-order valence-corrected chi connectivity index (χ2v) is 7.19. The summed E-state index contributed by atoms with van der Waals surface area (Å²) in [6.07, 6.45) is 1.90. The maximum Gasteiger partial charge on any atom is 0.109 e. The molecule has 2 N–H and O–H groups in total. The first-order valence-electron chi connectivity index (χ1n) is 8.90. The van der Waals surface area contributed by atoms with Crippen LogP contribution in [0.2, 0.25) is 0 Å². The van der Waals surface area contributed by atoms with Crippen molar-refractivity contribution in [3.63, 3.8) is 0 Å². The SMILES string of the molecule is O[C@@H]1C=Cc2c(cc3ccc4cc5ccccc5c5ccc2c3c45)[C@H]1O. The van der Waals surface area contributed by atoms with Crippen molar-refractivity contribution in [2.45, 2.75) is 12.2 Å². The molecule has 2 atom stereocenters. The number of hydrogen-bond donors (Lipinski definition) is 2. The third-order valence-corrected chi connectivity index (χ3v) is 5.80. The van der Waals surface area contributed by atoms with Gasteiger partial charge in [0, 0.05) is 0 Å². The fraction of sp³-hybridized carbons (Fsp3) is 0.0833. The molecule has 1 aliphatic carbocycles. The quantitative estimate of drug-likeness (QED) is 0.303. The monoisotopic (exact) mass is 336 g/mol. The fourth-order valence-corrected chi connectivity index (χ4v) is 4.59. The second-order valence-electron chi connectivity index (χ2n) is 7.19. The molecule has 0 spiro atoms. The standard InChI is InChI=1S/C24H16O2/c25-21-10-9-17-19-8-7-18-16-4-2-1-3-13(16)11-14-5-6-15(23(19)22(14)18)12-20(17)24(21)26/h1-12,21,24-26H/t21-,24-/m1/s1. The van der Waals surface area contributed by atoms with Gasteiger partial charge in [0.1, 0.15) is 12.2 Å². The number of rotatable bonds is 0. The van der Waals surface area contributed by atoms with Crippen molar-refractivity contribution in [3.8, 4) is 0 Å². The van der Waals surface area contributed by atoms with Crippen LogP contribution in [0, 0.1) is 0 Å². The van der Waals surface area contributed by atoms with Crippen molar-refractivity contribution in [3.05, 3.63) is 77.9 Å². The number of fused-ring (bicyclic) bond motifs is 4.